The molecular weight excluding hydrogens is 252 g/mol. The number of aliphatic hydroxyl groups is 1. The molecule has 1 aromatic carbocycles. The second kappa shape index (κ2) is 5.58. The van der Waals surface area contributed by atoms with Crippen LogP contribution in [0.5, 0.6) is 5.75 Å². The molecule has 0 amide bonds. The zero-order valence-electron chi connectivity index (χ0n) is 11.8. The van der Waals surface area contributed by atoms with Crippen LogP contribution in [0.4, 0.5) is 0 Å². The zero-order chi connectivity index (χ0) is 14.0. The van der Waals surface area contributed by atoms with E-state index in [0.29, 0.717) is 0 Å². The van der Waals surface area contributed by atoms with Crippen LogP contribution in [0.25, 0.3) is 0 Å². The highest BCUT2D eigenvalue weighted by molar-refractivity contribution is 5.42. The molecule has 3 nitrogen and oxygen atoms in total. The van der Waals surface area contributed by atoms with E-state index in [0.717, 1.165) is 62.0 Å². The van der Waals surface area contributed by atoms with E-state index < -0.39 is 5.60 Å². The normalized spacial score (nSPS) is 29.6. The molecule has 1 saturated heterocycles. The van der Waals surface area contributed by atoms with E-state index in [2.05, 4.69) is 6.58 Å². The van der Waals surface area contributed by atoms with Gasteiger partial charge in [-0.05, 0) is 55.4 Å². The van der Waals surface area contributed by atoms with E-state index in [9.17, 15) is 5.11 Å². The number of fused-ring (bicyclic) bond motifs is 1. The molecule has 0 aromatic heterocycles. The lowest BCUT2D eigenvalue weighted by Gasteiger charge is -2.32. The van der Waals surface area contributed by atoms with Crippen LogP contribution in [0.15, 0.2) is 30.9 Å². The first-order valence-corrected chi connectivity index (χ1v) is 7.49. The number of hydrogen-bond acceptors (Lipinski definition) is 3. The lowest BCUT2D eigenvalue weighted by Crippen LogP contribution is -2.28. The molecule has 3 rings (SSSR count). The molecule has 0 bridgehead atoms. The third-order valence-corrected chi connectivity index (χ3v) is 4.29. The Bertz CT molecular complexity index is 491. The molecule has 0 radical (unpaired) electrons. The Morgan fingerprint density at radius 3 is 3.00 bits per heavy atom. The summed E-state index contributed by atoms with van der Waals surface area (Å²) in [5, 5.41) is 10.6. The standard InChI is InChI=1S/C17H22O3/c1-2-17(18)10-5-6-13-12-14(8-9-15(13)17)20-16-7-3-4-11-19-16/h2,8-9,12,16,18H,1,3-7,10-11H2. The monoisotopic (exact) mass is 274 g/mol. The van der Waals surface area contributed by atoms with Crippen LogP contribution >= 0.6 is 0 Å². The van der Waals surface area contributed by atoms with Gasteiger partial charge in [0.2, 0.25) is 0 Å². The molecule has 108 valence electrons. The van der Waals surface area contributed by atoms with Crippen LogP contribution in [0.3, 0.4) is 0 Å². The summed E-state index contributed by atoms with van der Waals surface area (Å²) in [5.74, 6) is 0.837. The van der Waals surface area contributed by atoms with E-state index >= 15 is 0 Å². The quantitative estimate of drug-likeness (QED) is 0.859. The minimum atomic E-state index is -0.881. The van der Waals surface area contributed by atoms with E-state index in [1.165, 1.54) is 0 Å². The molecule has 0 spiro atoms. The molecule has 0 saturated carbocycles. The zero-order valence-corrected chi connectivity index (χ0v) is 11.8. The number of hydrogen-bond donors (Lipinski definition) is 1. The minimum absolute atomic E-state index is 0.122. The highest BCUT2D eigenvalue weighted by atomic mass is 16.7. The van der Waals surface area contributed by atoms with Gasteiger partial charge < -0.3 is 14.6 Å². The maximum Gasteiger partial charge on any atom is 0.199 e. The first-order chi connectivity index (χ1) is 9.71. The van der Waals surface area contributed by atoms with Crippen molar-refractivity contribution in [1.82, 2.24) is 0 Å². The fraction of sp³-hybridized carbons (Fsp3) is 0.529. The third-order valence-electron chi connectivity index (χ3n) is 4.29. The van der Waals surface area contributed by atoms with Crippen molar-refractivity contribution in [3.8, 4) is 5.75 Å². The summed E-state index contributed by atoms with van der Waals surface area (Å²) in [6.45, 7) is 4.55. The number of rotatable bonds is 3. The Kier molecular flexibility index (Phi) is 3.81. The van der Waals surface area contributed by atoms with Crippen LogP contribution < -0.4 is 4.74 Å². The smallest absolute Gasteiger partial charge is 0.199 e. The molecule has 2 unspecified atom stereocenters. The lowest BCUT2D eigenvalue weighted by atomic mass is 9.79. The van der Waals surface area contributed by atoms with E-state index in [1.54, 1.807) is 6.08 Å². The largest absolute Gasteiger partial charge is 0.465 e. The predicted molar refractivity (Wildman–Crippen MR) is 77.7 cm³/mol. The first-order valence-electron chi connectivity index (χ1n) is 7.49. The second-order valence-corrected chi connectivity index (χ2v) is 5.71. The maximum atomic E-state index is 10.6. The molecular formula is C17H22O3. The van der Waals surface area contributed by atoms with Gasteiger partial charge in [0.1, 0.15) is 11.4 Å². The average molecular weight is 274 g/mol. The van der Waals surface area contributed by atoms with Crippen LogP contribution in [0.1, 0.15) is 43.2 Å². The van der Waals surface area contributed by atoms with Gasteiger partial charge in [-0.2, -0.15) is 0 Å². The van der Waals surface area contributed by atoms with Crippen LogP contribution in [0.2, 0.25) is 0 Å². The van der Waals surface area contributed by atoms with Gasteiger partial charge in [0.25, 0.3) is 0 Å². The van der Waals surface area contributed by atoms with Crippen molar-refractivity contribution in [2.24, 2.45) is 0 Å². The fourth-order valence-corrected chi connectivity index (χ4v) is 3.12. The Hall–Kier alpha value is -1.32. The Morgan fingerprint density at radius 2 is 2.25 bits per heavy atom. The molecule has 1 aliphatic heterocycles. The van der Waals surface area contributed by atoms with Crippen molar-refractivity contribution in [2.75, 3.05) is 6.61 Å². The number of aryl methyl sites for hydroxylation is 1. The third kappa shape index (κ3) is 2.60. The van der Waals surface area contributed by atoms with Crippen LogP contribution in [-0.2, 0) is 16.8 Å². The highest BCUT2D eigenvalue weighted by Crippen LogP contribution is 2.38. The van der Waals surface area contributed by atoms with Gasteiger partial charge >= 0.3 is 0 Å². The fourth-order valence-electron chi connectivity index (χ4n) is 3.12. The summed E-state index contributed by atoms with van der Waals surface area (Å²) in [4.78, 5) is 0. The molecule has 1 N–H and O–H groups in total. The van der Waals surface area contributed by atoms with Crippen molar-refractivity contribution in [1.29, 1.82) is 0 Å². The first kappa shape index (κ1) is 13.7. The SMILES string of the molecule is C=CC1(O)CCCc2cc(OC3CCCCO3)ccc21. The van der Waals surface area contributed by atoms with Crippen LogP contribution in [0, 0.1) is 0 Å². The molecule has 1 fully saturated rings. The highest BCUT2D eigenvalue weighted by Gasteiger charge is 2.31. The molecule has 1 heterocycles. The molecule has 2 aliphatic rings. The molecule has 1 aliphatic carbocycles. The summed E-state index contributed by atoms with van der Waals surface area (Å²) >= 11 is 0. The van der Waals surface area contributed by atoms with Gasteiger partial charge in [-0.3, -0.25) is 0 Å². The Balaban J connectivity index is 1.80. The lowest BCUT2D eigenvalue weighted by molar-refractivity contribution is -0.105. The summed E-state index contributed by atoms with van der Waals surface area (Å²) in [6, 6.07) is 5.94. The summed E-state index contributed by atoms with van der Waals surface area (Å²) < 4.78 is 11.5. The van der Waals surface area contributed by atoms with E-state index in [-0.39, 0.29) is 6.29 Å². The molecule has 3 heteroatoms. The summed E-state index contributed by atoms with van der Waals surface area (Å²) in [6.07, 6.45) is 7.46. The van der Waals surface area contributed by atoms with Gasteiger partial charge in [0.15, 0.2) is 6.29 Å². The van der Waals surface area contributed by atoms with Gasteiger partial charge in [-0.15, -0.1) is 0 Å². The van der Waals surface area contributed by atoms with Crippen molar-refractivity contribution in [3.05, 3.63) is 42.0 Å². The van der Waals surface area contributed by atoms with Crippen molar-refractivity contribution in [3.63, 3.8) is 0 Å². The topological polar surface area (TPSA) is 38.7 Å². The van der Waals surface area contributed by atoms with E-state index in [1.807, 2.05) is 18.2 Å². The van der Waals surface area contributed by atoms with Gasteiger partial charge in [-0.25, -0.2) is 0 Å². The molecule has 1 aromatic rings. The van der Waals surface area contributed by atoms with Crippen molar-refractivity contribution < 1.29 is 14.6 Å². The Labute approximate surface area is 120 Å². The minimum Gasteiger partial charge on any atom is -0.465 e. The van der Waals surface area contributed by atoms with Crippen molar-refractivity contribution in [2.45, 2.75) is 50.4 Å². The summed E-state index contributed by atoms with van der Waals surface area (Å²) in [5.41, 5.74) is 1.25. The molecule has 20 heavy (non-hydrogen) atoms. The predicted octanol–water partition coefficient (Wildman–Crippen LogP) is 3.30. The van der Waals surface area contributed by atoms with Gasteiger partial charge in [0, 0.05) is 6.42 Å². The van der Waals surface area contributed by atoms with E-state index in [4.69, 9.17) is 9.47 Å². The van der Waals surface area contributed by atoms with Gasteiger partial charge in [0.05, 0.1) is 6.61 Å². The van der Waals surface area contributed by atoms with Crippen molar-refractivity contribution >= 4 is 0 Å². The second-order valence-electron chi connectivity index (χ2n) is 5.71. The molecule has 2 atom stereocenters. The number of benzene rings is 1. The average Bonchev–Trinajstić information content (AvgIpc) is 2.48. The maximum absolute atomic E-state index is 10.6. The number of ether oxygens (including phenoxy) is 2. The van der Waals surface area contributed by atoms with Crippen LogP contribution in [-0.4, -0.2) is 18.0 Å². The van der Waals surface area contributed by atoms with Gasteiger partial charge in [-0.1, -0.05) is 18.7 Å². The summed E-state index contributed by atoms with van der Waals surface area (Å²) in [7, 11) is 0. The Morgan fingerprint density at radius 1 is 1.35 bits per heavy atom.